The van der Waals surface area contributed by atoms with Crippen molar-refractivity contribution in [1.82, 2.24) is 4.98 Å². The lowest BCUT2D eigenvalue weighted by Crippen LogP contribution is -2.05. The summed E-state index contributed by atoms with van der Waals surface area (Å²) in [6.45, 7) is 4.27. The van der Waals surface area contributed by atoms with Crippen LogP contribution in [0.25, 0.3) is 0 Å². The minimum atomic E-state index is 0.290. The van der Waals surface area contributed by atoms with Gasteiger partial charge in [-0.2, -0.15) is 0 Å². The Morgan fingerprint density at radius 1 is 1.44 bits per heavy atom. The number of aryl methyl sites for hydroxylation is 1. The van der Waals surface area contributed by atoms with Crippen molar-refractivity contribution in [3.8, 4) is 0 Å². The van der Waals surface area contributed by atoms with Crippen molar-refractivity contribution in [2.75, 3.05) is 5.32 Å². The molecule has 0 aromatic carbocycles. The summed E-state index contributed by atoms with van der Waals surface area (Å²) in [5, 5.41) is 6.04. The number of nitrogens with one attached hydrogen (secondary N) is 1. The highest BCUT2D eigenvalue weighted by Gasteiger charge is 2.09. The first-order valence-electron chi connectivity index (χ1n) is 5.09. The first-order chi connectivity index (χ1) is 7.66. The van der Waals surface area contributed by atoms with Crippen molar-refractivity contribution in [2.45, 2.75) is 19.9 Å². The highest BCUT2D eigenvalue weighted by molar-refractivity contribution is 7.10. The second-order valence-electron chi connectivity index (χ2n) is 3.70. The van der Waals surface area contributed by atoms with Gasteiger partial charge in [0.15, 0.2) is 0 Å². The molecule has 0 amide bonds. The summed E-state index contributed by atoms with van der Waals surface area (Å²) in [5.74, 6) is 0. The maximum atomic E-state index is 5.84. The molecule has 0 aliphatic rings. The molecule has 84 valence electrons. The van der Waals surface area contributed by atoms with Crippen LogP contribution in [-0.2, 0) is 0 Å². The van der Waals surface area contributed by atoms with Gasteiger partial charge in [-0.05, 0) is 43.0 Å². The van der Waals surface area contributed by atoms with E-state index in [4.69, 9.17) is 11.6 Å². The van der Waals surface area contributed by atoms with Gasteiger partial charge in [-0.3, -0.25) is 0 Å². The predicted octanol–water partition coefficient (Wildman–Crippen LogP) is 4.28. The maximum absolute atomic E-state index is 5.84. The van der Waals surface area contributed by atoms with Gasteiger partial charge >= 0.3 is 0 Å². The molecule has 16 heavy (non-hydrogen) atoms. The maximum Gasteiger partial charge on any atom is 0.131 e. The van der Waals surface area contributed by atoms with E-state index in [1.165, 1.54) is 10.4 Å². The lowest BCUT2D eigenvalue weighted by molar-refractivity contribution is 0.898. The Morgan fingerprint density at radius 3 is 2.88 bits per heavy atom. The fourth-order valence-corrected chi connectivity index (χ4v) is 2.75. The number of anilines is 1. The number of aromatic nitrogens is 1. The molecule has 0 spiro atoms. The minimum absolute atomic E-state index is 0.290. The number of hydrogen-bond donors (Lipinski definition) is 1. The van der Waals surface area contributed by atoms with E-state index in [9.17, 15) is 0 Å². The Hall–Kier alpha value is -1.06. The predicted molar refractivity (Wildman–Crippen MR) is 70.3 cm³/mol. The molecule has 0 radical (unpaired) electrons. The van der Waals surface area contributed by atoms with Gasteiger partial charge in [-0.1, -0.05) is 11.6 Å². The summed E-state index contributed by atoms with van der Waals surface area (Å²) in [6, 6.07) is 6.18. The van der Waals surface area contributed by atoms with E-state index >= 15 is 0 Å². The molecule has 0 aliphatic heterocycles. The number of rotatable bonds is 3. The summed E-state index contributed by atoms with van der Waals surface area (Å²) >= 11 is 7.61. The summed E-state index contributed by atoms with van der Waals surface area (Å²) in [7, 11) is 0. The topological polar surface area (TPSA) is 24.9 Å². The average Bonchev–Trinajstić information content (AvgIpc) is 2.64. The van der Waals surface area contributed by atoms with E-state index in [0.29, 0.717) is 11.2 Å². The lowest BCUT2D eigenvalue weighted by Gasteiger charge is -2.14. The molecule has 0 bridgehead atoms. The van der Waals surface area contributed by atoms with E-state index in [1.54, 1.807) is 17.5 Å². The molecule has 1 unspecified atom stereocenters. The van der Waals surface area contributed by atoms with Crippen LogP contribution in [0.15, 0.2) is 29.8 Å². The van der Waals surface area contributed by atoms with Gasteiger partial charge < -0.3 is 5.32 Å². The van der Waals surface area contributed by atoms with Crippen LogP contribution in [0.3, 0.4) is 0 Å². The highest BCUT2D eigenvalue weighted by atomic mass is 35.5. The number of thiophene rings is 1. The monoisotopic (exact) mass is 252 g/mol. The number of pyridine rings is 1. The Kier molecular flexibility index (Phi) is 3.46. The fraction of sp³-hybridized carbons (Fsp3) is 0.250. The van der Waals surface area contributed by atoms with E-state index < -0.39 is 0 Å². The van der Waals surface area contributed by atoms with E-state index in [-0.39, 0.29) is 0 Å². The minimum Gasteiger partial charge on any atom is -0.378 e. The first-order valence-corrected chi connectivity index (χ1v) is 6.34. The molecule has 0 saturated heterocycles. The molecular formula is C12H13ClN2S. The highest BCUT2D eigenvalue weighted by Crippen LogP contribution is 2.27. The van der Waals surface area contributed by atoms with Gasteiger partial charge in [0, 0.05) is 16.8 Å². The lowest BCUT2D eigenvalue weighted by atomic mass is 10.2. The van der Waals surface area contributed by atoms with Gasteiger partial charge in [-0.25, -0.2) is 4.98 Å². The van der Waals surface area contributed by atoms with Gasteiger partial charge in [0.2, 0.25) is 0 Å². The first kappa shape index (κ1) is 11.4. The van der Waals surface area contributed by atoms with Crippen LogP contribution in [0.2, 0.25) is 5.15 Å². The van der Waals surface area contributed by atoms with Crippen LogP contribution in [0.4, 0.5) is 5.69 Å². The van der Waals surface area contributed by atoms with Gasteiger partial charge in [0.25, 0.3) is 0 Å². The molecule has 2 aromatic rings. The molecule has 0 saturated carbocycles. The van der Waals surface area contributed by atoms with Crippen LogP contribution in [0.5, 0.6) is 0 Å². The Balaban J connectivity index is 2.14. The Bertz CT molecular complexity index is 481. The second-order valence-corrected chi connectivity index (χ2v) is 5.04. The summed E-state index contributed by atoms with van der Waals surface area (Å²) in [5.41, 5.74) is 2.32. The zero-order valence-electron chi connectivity index (χ0n) is 9.20. The zero-order valence-corrected chi connectivity index (χ0v) is 10.8. The van der Waals surface area contributed by atoms with E-state index in [1.807, 2.05) is 12.1 Å². The van der Waals surface area contributed by atoms with Crippen molar-refractivity contribution in [1.29, 1.82) is 0 Å². The molecule has 2 aromatic heterocycles. The van der Waals surface area contributed by atoms with Crippen molar-refractivity contribution < 1.29 is 0 Å². The summed E-state index contributed by atoms with van der Waals surface area (Å²) in [6.07, 6.45) is 1.71. The molecule has 2 nitrogen and oxygen atoms in total. The number of nitrogens with zero attached hydrogens (tertiary/aromatic N) is 1. The normalized spacial score (nSPS) is 12.4. The molecule has 2 rings (SSSR count). The fourth-order valence-electron chi connectivity index (χ4n) is 1.64. The van der Waals surface area contributed by atoms with Gasteiger partial charge in [-0.15, -0.1) is 11.3 Å². The largest absolute Gasteiger partial charge is 0.378 e. The van der Waals surface area contributed by atoms with Crippen molar-refractivity contribution in [3.63, 3.8) is 0 Å². The zero-order chi connectivity index (χ0) is 11.5. The molecule has 1 atom stereocenters. The molecule has 4 heteroatoms. The molecule has 0 aliphatic carbocycles. The Morgan fingerprint density at radius 2 is 2.25 bits per heavy atom. The van der Waals surface area contributed by atoms with Crippen molar-refractivity contribution >= 4 is 28.6 Å². The quantitative estimate of drug-likeness (QED) is 0.825. The van der Waals surface area contributed by atoms with Crippen LogP contribution >= 0.6 is 22.9 Å². The van der Waals surface area contributed by atoms with E-state index in [0.717, 1.165) is 5.69 Å². The summed E-state index contributed by atoms with van der Waals surface area (Å²) in [4.78, 5) is 5.31. The third-order valence-electron chi connectivity index (χ3n) is 2.40. The standard InChI is InChI=1S/C12H13ClN2S/c1-8-4-6-16-12(8)9(2)15-10-3-5-14-11(13)7-10/h3-7,9H,1-2H3,(H,14,15). The van der Waals surface area contributed by atoms with E-state index in [2.05, 4.69) is 35.6 Å². The molecule has 1 N–H and O–H groups in total. The SMILES string of the molecule is Cc1ccsc1C(C)Nc1ccnc(Cl)c1. The van der Waals surface area contributed by atoms with Gasteiger partial charge in [0.05, 0.1) is 6.04 Å². The third kappa shape index (κ3) is 2.54. The Labute approximate surface area is 104 Å². The smallest absolute Gasteiger partial charge is 0.131 e. The van der Waals surface area contributed by atoms with Crippen LogP contribution in [0, 0.1) is 6.92 Å². The third-order valence-corrected chi connectivity index (χ3v) is 3.81. The van der Waals surface area contributed by atoms with Gasteiger partial charge in [0.1, 0.15) is 5.15 Å². The van der Waals surface area contributed by atoms with Crippen molar-refractivity contribution in [2.24, 2.45) is 0 Å². The summed E-state index contributed by atoms with van der Waals surface area (Å²) < 4.78 is 0. The molecule has 0 fully saturated rings. The second kappa shape index (κ2) is 4.85. The molecular weight excluding hydrogens is 240 g/mol. The number of hydrogen-bond acceptors (Lipinski definition) is 3. The average molecular weight is 253 g/mol. The van der Waals surface area contributed by atoms with Crippen molar-refractivity contribution in [3.05, 3.63) is 45.4 Å². The van der Waals surface area contributed by atoms with Crippen LogP contribution in [-0.4, -0.2) is 4.98 Å². The van der Waals surface area contributed by atoms with Crippen LogP contribution < -0.4 is 5.32 Å². The molecule has 2 heterocycles. The number of halogens is 1. The van der Waals surface area contributed by atoms with Crippen LogP contribution in [0.1, 0.15) is 23.4 Å².